The van der Waals surface area contributed by atoms with Gasteiger partial charge in [-0.15, -0.1) is 0 Å². The third kappa shape index (κ3) is 5.83. The van der Waals surface area contributed by atoms with Gasteiger partial charge >= 0.3 is 0 Å². The van der Waals surface area contributed by atoms with Crippen molar-refractivity contribution in [2.75, 3.05) is 38.6 Å². The number of hydrogen-bond donors (Lipinski definition) is 2. The molecule has 1 unspecified atom stereocenters. The number of benzene rings is 2. The number of nitrogens with two attached hydrogens (primary N) is 1. The van der Waals surface area contributed by atoms with E-state index in [2.05, 4.69) is 10.3 Å². The van der Waals surface area contributed by atoms with Crippen molar-refractivity contribution in [1.82, 2.24) is 14.6 Å². The highest BCUT2D eigenvalue weighted by molar-refractivity contribution is 7.89. The third-order valence-corrected chi connectivity index (χ3v) is 8.58. The van der Waals surface area contributed by atoms with Crippen LogP contribution in [0.4, 0.5) is 5.82 Å². The van der Waals surface area contributed by atoms with Crippen LogP contribution in [0.2, 0.25) is 5.02 Å². The number of nitrogen functional groups attached to an aromatic ring is 1. The Morgan fingerprint density at radius 3 is 2.61 bits per heavy atom. The monoisotopic (exact) mass is 554 g/mol. The number of nitrogens with zero attached hydrogens (tertiary/aromatic N) is 2. The highest BCUT2D eigenvalue weighted by Crippen LogP contribution is 2.39. The van der Waals surface area contributed by atoms with Crippen LogP contribution in [0, 0.1) is 0 Å². The average molecular weight is 555 g/mol. The Morgan fingerprint density at radius 1 is 1.13 bits per heavy atom. The van der Waals surface area contributed by atoms with Crippen LogP contribution in [0.25, 0.3) is 17.2 Å². The van der Waals surface area contributed by atoms with Gasteiger partial charge in [0.25, 0.3) is 0 Å². The van der Waals surface area contributed by atoms with E-state index in [9.17, 15) is 13.2 Å². The first-order valence-electron chi connectivity index (χ1n) is 12.1. The Hall–Kier alpha value is -3.44. The number of anilines is 1. The molecule has 11 heteroatoms. The van der Waals surface area contributed by atoms with Crippen molar-refractivity contribution in [1.29, 1.82) is 0 Å². The third-order valence-electron chi connectivity index (χ3n) is 6.39. The molecule has 38 heavy (non-hydrogen) atoms. The minimum absolute atomic E-state index is 0.247. The summed E-state index contributed by atoms with van der Waals surface area (Å²) < 4.78 is 38.5. The number of nitrogens with one attached hydrogen (secondary N) is 1. The maximum atomic E-state index is 12.9. The molecule has 198 valence electrons. The van der Waals surface area contributed by atoms with Gasteiger partial charge in [0, 0.05) is 37.3 Å². The number of hydrogen-bond acceptors (Lipinski definition) is 7. The van der Waals surface area contributed by atoms with E-state index >= 15 is 0 Å². The molecule has 2 aliphatic heterocycles. The minimum atomic E-state index is -3.56. The Morgan fingerprint density at radius 2 is 1.89 bits per heavy atom. The molecule has 0 radical (unpaired) electrons. The van der Waals surface area contributed by atoms with Crippen molar-refractivity contribution in [3.63, 3.8) is 0 Å². The summed E-state index contributed by atoms with van der Waals surface area (Å²) in [6.07, 6.45) is 5.01. The summed E-state index contributed by atoms with van der Waals surface area (Å²) in [5.74, 6) is 0.769. The lowest BCUT2D eigenvalue weighted by Crippen LogP contribution is -2.40. The molecule has 2 aromatic carbocycles. The van der Waals surface area contributed by atoms with E-state index in [1.807, 2.05) is 6.07 Å². The number of morpholine rings is 1. The molecule has 1 amide bonds. The summed E-state index contributed by atoms with van der Waals surface area (Å²) in [6.45, 7) is 1.81. The molecule has 0 spiro atoms. The van der Waals surface area contributed by atoms with E-state index in [0.29, 0.717) is 55.9 Å². The van der Waals surface area contributed by atoms with Crippen LogP contribution >= 0.6 is 11.6 Å². The Labute approximate surface area is 226 Å². The second kappa shape index (κ2) is 11.1. The lowest BCUT2D eigenvalue weighted by atomic mass is 10.0. The molecule has 3 N–H and O–H groups in total. The first-order valence-corrected chi connectivity index (χ1v) is 14.0. The zero-order valence-electron chi connectivity index (χ0n) is 20.5. The summed E-state index contributed by atoms with van der Waals surface area (Å²) in [7, 11) is -3.56. The van der Waals surface area contributed by atoms with Crippen molar-refractivity contribution in [3.05, 3.63) is 77.0 Å². The summed E-state index contributed by atoms with van der Waals surface area (Å²) in [4.78, 5) is 16.5. The van der Waals surface area contributed by atoms with E-state index in [1.54, 1.807) is 54.7 Å². The standard InChI is InChI=1S/C27H27ClN4O5S/c28-24-15-20(19-3-5-23(6-4-19)38(34,35)32-9-11-36-12-10-32)13-21-14-22(37-27(21)24)17-31-26(33)8-2-18-1-7-25(29)30-16-18/h1-8,13,15-16,22H,9-12,14,17H2,(H2,29,30)(H,31,33)/b8-2+. The van der Waals surface area contributed by atoms with Crippen molar-refractivity contribution >= 4 is 39.4 Å². The van der Waals surface area contributed by atoms with Crippen LogP contribution in [0.1, 0.15) is 11.1 Å². The molecule has 0 bridgehead atoms. The van der Waals surface area contributed by atoms with Crippen molar-refractivity contribution < 1.29 is 22.7 Å². The van der Waals surface area contributed by atoms with Crippen molar-refractivity contribution in [3.8, 4) is 16.9 Å². The number of aromatic nitrogens is 1. The molecule has 3 aromatic rings. The largest absolute Gasteiger partial charge is 0.486 e. The van der Waals surface area contributed by atoms with Gasteiger partial charge < -0.3 is 20.5 Å². The van der Waals surface area contributed by atoms with E-state index in [0.717, 1.165) is 22.3 Å². The molecule has 9 nitrogen and oxygen atoms in total. The van der Waals surface area contributed by atoms with Gasteiger partial charge in [0.2, 0.25) is 15.9 Å². The van der Waals surface area contributed by atoms with Gasteiger partial charge in [-0.2, -0.15) is 4.31 Å². The zero-order chi connectivity index (χ0) is 26.7. The second-order valence-corrected chi connectivity index (χ2v) is 11.4. The molecule has 3 heterocycles. The number of amides is 1. The number of ether oxygens (including phenoxy) is 2. The SMILES string of the molecule is Nc1ccc(/C=C/C(=O)NCC2Cc3cc(-c4ccc(S(=O)(=O)N5CCOCC5)cc4)cc(Cl)c3O2)cn1. The molecular formula is C27H27ClN4O5S. The lowest BCUT2D eigenvalue weighted by molar-refractivity contribution is -0.116. The average Bonchev–Trinajstić information content (AvgIpc) is 3.36. The second-order valence-electron chi connectivity index (χ2n) is 9.03. The topological polar surface area (TPSA) is 124 Å². The lowest BCUT2D eigenvalue weighted by Gasteiger charge is -2.26. The number of pyridine rings is 1. The fraction of sp³-hybridized carbons (Fsp3) is 0.259. The van der Waals surface area contributed by atoms with Crippen LogP contribution in [-0.4, -0.2) is 62.6 Å². The summed E-state index contributed by atoms with van der Waals surface area (Å²) >= 11 is 6.53. The van der Waals surface area contributed by atoms with Crippen molar-refractivity contribution in [2.45, 2.75) is 17.4 Å². The van der Waals surface area contributed by atoms with E-state index < -0.39 is 10.0 Å². The first kappa shape index (κ1) is 26.2. The number of sulfonamides is 1. The molecule has 1 aromatic heterocycles. The van der Waals surface area contributed by atoms with Crippen LogP contribution in [0.15, 0.2) is 65.7 Å². The quantitative estimate of drug-likeness (QED) is 0.430. The summed E-state index contributed by atoms with van der Waals surface area (Å²) in [5, 5.41) is 3.31. The number of carbonyl (C=O) groups excluding carboxylic acids is 1. The van der Waals surface area contributed by atoms with Gasteiger partial charge in [0.15, 0.2) is 0 Å². The van der Waals surface area contributed by atoms with Crippen molar-refractivity contribution in [2.24, 2.45) is 0 Å². The molecule has 5 rings (SSSR count). The van der Waals surface area contributed by atoms with Gasteiger partial charge in [-0.3, -0.25) is 4.79 Å². The molecule has 0 aliphatic carbocycles. The number of halogens is 1. The first-order chi connectivity index (χ1) is 18.3. The Kier molecular flexibility index (Phi) is 7.66. The number of carbonyl (C=O) groups is 1. The smallest absolute Gasteiger partial charge is 0.244 e. The molecule has 2 aliphatic rings. The highest BCUT2D eigenvalue weighted by atomic mass is 35.5. The molecule has 0 saturated carbocycles. The van der Waals surface area contributed by atoms with Gasteiger partial charge in [-0.1, -0.05) is 23.7 Å². The normalized spacial score (nSPS) is 17.8. The van der Waals surface area contributed by atoms with E-state index in [4.69, 9.17) is 26.8 Å². The van der Waals surface area contributed by atoms with Crippen LogP contribution in [0.3, 0.4) is 0 Å². The summed E-state index contributed by atoms with van der Waals surface area (Å²) in [5.41, 5.74) is 8.97. The highest BCUT2D eigenvalue weighted by Gasteiger charge is 2.28. The van der Waals surface area contributed by atoms with Gasteiger partial charge in [0.1, 0.15) is 17.7 Å². The van der Waals surface area contributed by atoms with Crippen LogP contribution < -0.4 is 15.8 Å². The maximum Gasteiger partial charge on any atom is 0.244 e. The maximum absolute atomic E-state index is 12.9. The number of fused-ring (bicyclic) bond motifs is 1. The Balaban J connectivity index is 1.22. The predicted octanol–water partition coefficient (Wildman–Crippen LogP) is 3.14. The predicted molar refractivity (Wildman–Crippen MR) is 145 cm³/mol. The van der Waals surface area contributed by atoms with Crippen LogP contribution in [0.5, 0.6) is 5.75 Å². The van der Waals surface area contributed by atoms with Crippen LogP contribution in [-0.2, 0) is 26.0 Å². The minimum Gasteiger partial charge on any atom is -0.486 e. The molecule has 1 fully saturated rings. The molecule has 1 atom stereocenters. The number of rotatable bonds is 7. The molecular weight excluding hydrogens is 528 g/mol. The summed E-state index contributed by atoms with van der Waals surface area (Å²) in [6, 6.07) is 14.0. The fourth-order valence-electron chi connectivity index (χ4n) is 4.38. The molecule has 1 saturated heterocycles. The zero-order valence-corrected chi connectivity index (χ0v) is 22.0. The van der Waals surface area contributed by atoms with Gasteiger partial charge in [-0.05, 0) is 59.2 Å². The van der Waals surface area contributed by atoms with E-state index in [-0.39, 0.29) is 16.9 Å². The van der Waals surface area contributed by atoms with Gasteiger partial charge in [-0.25, -0.2) is 13.4 Å². The fourth-order valence-corrected chi connectivity index (χ4v) is 6.08. The van der Waals surface area contributed by atoms with Gasteiger partial charge in [0.05, 0.1) is 29.7 Å². The Bertz CT molecular complexity index is 1450. The van der Waals surface area contributed by atoms with E-state index in [1.165, 1.54) is 10.4 Å².